The zero-order chi connectivity index (χ0) is 28.4. The minimum Gasteiger partial charge on any atom is -0.414 e. The van der Waals surface area contributed by atoms with Gasteiger partial charge in [0.25, 0.3) is 0 Å². The summed E-state index contributed by atoms with van der Waals surface area (Å²) >= 11 is 0. The largest absolute Gasteiger partial charge is 0.524 e. The number of quaternary nitrogens is 1. The van der Waals surface area contributed by atoms with Crippen LogP contribution >= 0.6 is 7.37 Å². The quantitative estimate of drug-likeness (QED) is 0.173. The third-order valence-electron chi connectivity index (χ3n) is 7.11. The lowest BCUT2D eigenvalue weighted by Crippen LogP contribution is -2.61. The molecule has 3 amide bonds. The molecule has 2 rings (SSSR count). The second-order valence-electron chi connectivity index (χ2n) is 11.3. The summed E-state index contributed by atoms with van der Waals surface area (Å²) in [5.74, 6) is -1.50. The Labute approximate surface area is 228 Å². The number of likely N-dealkylation sites (tertiary alicyclic amines) is 1. The fourth-order valence-electron chi connectivity index (χ4n) is 5.05. The molecule has 214 valence electrons. The fraction of sp³-hybridized carbons (Fsp3) is 0.690. The number of nitrogens with one attached hydrogen (secondary N) is 1. The topological polar surface area (TPSA) is 98.8 Å². The molecule has 0 aliphatic carbocycles. The molecule has 1 aromatic carbocycles. The molecule has 4 atom stereocenters. The van der Waals surface area contributed by atoms with Gasteiger partial charge in [-0.1, -0.05) is 50.1 Å². The Balaban J connectivity index is 2.37. The monoisotopic (exact) mass is 551 g/mol. The minimum absolute atomic E-state index is 0.125. The zero-order valence-corrected chi connectivity index (χ0v) is 25.1. The molecule has 0 bridgehead atoms. The van der Waals surface area contributed by atoms with Crippen LogP contribution in [-0.4, -0.2) is 59.1 Å². The van der Waals surface area contributed by atoms with Gasteiger partial charge in [-0.3, -0.25) is 9.36 Å². The van der Waals surface area contributed by atoms with Crippen LogP contribution in [0.4, 0.5) is 4.79 Å². The van der Waals surface area contributed by atoms with Crippen LogP contribution < -0.4 is 5.32 Å². The second-order valence-corrected chi connectivity index (χ2v) is 14.0. The van der Waals surface area contributed by atoms with Crippen molar-refractivity contribution in [3.05, 3.63) is 35.9 Å². The van der Waals surface area contributed by atoms with E-state index in [9.17, 15) is 18.9 Å². The normalized spacial score (nSPS) is 21.9. The van der Waals surface area contributed by atoms with Gasteiger partial charge in [0.05, 0.1) is 13.2 Å². The van der Waals surface area contributed by atoms with Gasteiger partial charge in [0.1, 0.15) is 23.6 Å². The highest BCUT2D eigenvalue weighted by molar-refractivity contribution is 7.60. The molecule has 1 aliphatic heterocycles. The van der Waals surface area contributed by atoms with Crippen molar-refractivity contribution in [2.75, 3.05) is 19.3 Å². The number of amides is 3. The highest BCUT2D eigenvalue weighted by atomic mass is 31.2. The molecule has 0 radical (unpaired) electrons. The maximum atomic E-state index is 14.5. The van der Waals surface area contributed by atoms with Crippen molar-refractivity contribution in [3.8, 4) is 0 Å². The molecule has 8 nitrogen and oxygen atoms in total. The number of carbonyl (C=O) groups is 3. The Kier molecular flexibility index (Phi) is 12.2. The smallest absolute Gasteiger partial charge is 0.414 e. The number of hydrogen-bond donors (Lipinski definition) is 1. The van der Waals surface area contributed by atoms with E-state index in [4.69, 9.17) is 9.26 Å². The highest BCUT2D eigenvalue weighted by Crippen LogP contribution is 2.53. The minimum atomic E-state index is -3.73. The maximum Gasteiger partial charge on any atom is 0.524 e. The average molecular weight is 552 g/mol. The molecule has 1 heterocycles. The summed E-state index contributed by atoms with van der Waals surface area (Å²) in [5, 5.41) is 2.96. The lowest BCUT2D eigenvalue weighted by molar-refractivity contribution is -0.792. The van der Waals surface area contributed by atoms with Gasteiger partial charge in [0.15, 0.2) is 0 Å². The first kappa shape index (κ1) is 32.2. The van der Waals surface area contributed by atoms with E-state index in [0.29, 0.717) is 38.6 Å². The van der Waals surface area contributed by atoms with Crippen molar-refractivity contribution < 1.29 is 32.7 Å². The van der Waals surface area contributed by atoms with Crippen molar-refractivity contribution in [1.29, 1.82) is 0 Å². The SMILES string of the molecule is CCCCCC(=O)NC(CCc1ccccc1)P(=O)(CC(=O)[N+]1(C(=O)OC(C)(C)C)CCC[C@H]1C)OCC. The molecule has 0 aromatic heterocycles. The predicted octanol–water partition coefficient (Wildman–Crippen LogP) is 6.42. The number of imide groups is 1. The summed E-state index contributed by atoms with van der Waals surface area (Å²) < 4.78 is 25.6. The van der Waals surface area contributed by atoms with E-state index >= 15 is 0 Å². The number of benzene rings is 1. The third kappa shape index (κ3) is 8.75. The van der Waals surface area contributed by atoms with E-state index < -0.39 is 41.4 Å². The Hall–Kier alpha value is -2.02. The Morgan fingerprint density at radius 2 is 1.82 bits per heavy atom. The van der Waals surface area contributed by atoms with Crippen LogP contribution in [0.3, 0.4) is 0 Å². The Morgan fingerprint density at radius 3 is 2.37 bits per heavy atom. The lowest BCUT2D eigenvalue weighted by Gasteiger charge is -2.36. The second kappa shape index (κ2) is 14.4. The van der Waals surface area contributed by atoms with E-state index in [2.05, 4.69) is 12.2 Å². The highest BCUT2D eigenvalue weighted by Gasteiger charge is 2.57. The van der Waals surface area contributed by atoms with Crippen molar-refractivity contribution >= 4 is 25.3 Å². The van der Waals surface area contributed by atoms with E-state index in [-0.39, 0.29) is 18.6 Å². The number of aryl methyl sites for hydroxylation is 1. The molecule has 1 N–H and O–H groups in total. The third-order valence-corrected chi connectivity index (χ3v) is 9.86. The Bertz CT molecular complexity index is 977. The maximum absolute atomic E-state index is 14.5. The van der Waals surface area contributed by atoms with Crippen LogP contribution in [0.25, 0.3) is 0 Å². The van der Waals surface area contributed by atoms with Gasteiger partial charge < -0.3 is 14.6 Å². The van der Waals surface area contributed by atoms with Gasteiger partial charge in [-0.25, -0.2) is 4.79 Å². The lowest BCUT2D eigenvalue weighted by atomic mass is 10.1. The predicted molar refractivity (Wildman–Crippen MR) is 150 cm³/mol. The first-order valence-corrected chi connectivity index (χ1v) is 16.0. The van der Waals surface area contributed by atoms with Gasteiger partial charge in [0, 0.05) is 19.3 Å². The molecule has 9 heteroatoms. The van der Waals surface area contributed by atoms with Gasteiger partial charge >= 0.3 is 12.0 Å². The zero-order valence-electron chi connectivity index (χ0n) is 24.2. The van der Waals surface area contributed by atoms with Crippen LogP contribution in [0.1, 0.15) is 92.1 Å². The number of nitrogens with zero attached hydrogens (tertiary/aromatic N) is 1. The van der Waals surface area contributed by atoms with Crippen molar-refractivity contribution in [2.45, 2.75) is 110 Å². The van der Waals surface area contributed by atoms with Crippen LogP contribution in [0.5, 0.6) is 0 Å². The van der Waals surface area contributed by atoms with Gasteiger partial charge in [-0.05, 0) is 59.4 Å². The van der Waals surface area contributed by atoms with Crippen molar-refractivity contribution in [3.63, 3.8) is 0 Å². The molecule has 0 spiro atoms. The van der Waals surface area contributed by atoms with E-state index in [1.54, 1.807) is 27.7 Å². The van der Waals surface area contributed by atoms with Crippen LogP contribution in [0, 0.1) is 0 Å². The van der Waals surface area contributed by atoms with Gasteiger partial charge in [0.2, 0.25) is 13.3 Å². The Morgan fingerprint density at radius 1 is 1.13 bits per heavy atom. The van der Waals surface area contributed by atoms with E-state index in [1.807, 2.05) is 37.3 Å². The van der Waals surface area contributed by atoms with E-state index in [0.717, 1.165) is 24.8 Å². The van der Waals surface area contributed by atoms with Crippen LogP contribution in [-0.2, 0) is 29.8 Å². The molecule has 1 saturated heterocycles. The number of carbonyl (C=O) groups excluding carboxylic acids is 3. The summed E-state index contributed by atoms with van der Waals surface area (Å²) in [6, 6.07) is 9.46. The molecule has 1 aliphatic rings. The van der Waals surface area contributed by atoms with E-state index in [1.165, 1.54) is 0 Å². The molecular weight excluding hydrogens is 503 g/mol. The van der Waals surface area contributed by atoms with Crippen molar-refractivity contribution in [2.24, 2.45) is 0 Å². The van der Waals surface area contributed by atoms with Gasteiger partial charge in [-0.2, -0.15) is 9.28 Å². The average Bonchev–Trinajstić information content (AvgIpc) is 3.24. The fourth-order valence-corrected chi connectivity index (χ4v) is 7.47. The summed E-state index contributed by atoms with van der Waals surface area (Å²) in [7, 11) is -3.73. The molecule has 38 heavy (non-hydrogen) atoms. The summed E-state index contributed by atoms with van der Waals surface area (Å²) in [5.41, 5.74) is 0.275. The van der Waals surface area contributed by atoms with Gasteiger partial charge in [-0.15, -0.1) is 0 Å². The standard InChI is InChI=1S/C29H47N2O6P/c1-7-9-11-18-25(32)30-26(20-19-24-16-12-10-13-17-24)38(35,36-8-2)22-27(33)31(21-14-15-23(31)3)28(34)37-29(4,5)6/h10,12-13,16-17,23,26H,7-9,11,14-15,18-22H2,1-6H3/p+1/t23-,26?,31?,38?/m1/s1. The molecule has 1 aromatic rings. The number of unbranched alkanes of at least 4 members (excludes halogenated alkanes) is 2. The first-order chi connectivity index (χ1) is 17.9. The first-order valence-electron chi connectivity index (χ1n) is 14.1. The van der Waals surface area contributed by atoms with Crippen LogP contribution in [0.15, 0.2) is 30.3 Å². The summed E-state index contributed by atoms with van der Waals surface area (Å²) in [4.78, 5) is 40.3. The number of rotatable bonds is 13. The molecule has 1 fully saturated rings. The molecule has 0 saturated carbocycles. The molecular formula is C29H48N2O6P+. The van der Waals surface area contributed by atoms with Crippen molar-refractivity contribution in [1.82, 2.24) is 5.32 Å². The summed E-state index contributed by atoms with van der Waals surface area (Å²) in [6.45, 7) is 11.4. The summed E-state index contributed by atoms with van der Waals surface area (Å²) in [6.07, 6.45) is 4.24. The van der Waals surface area contributed by atoms with Crippen LogP contribution in [0.2, 0.25) is 0 Å². The number of ether oxygens (including phenoxy) is 1. The number of hydrogen-bond acceptors (Lipinski definition) is 6. The molecule has 3 unspecified atom stereocenters.